The third-order valence-electron chi connectivity index (χ3n) is 4.66. The number of aryl methyl sites for hydroxylation is 1. The third-order valence-corrected chi connectivity index (χ3v) is 6.72. The number of nitrogens with one attached hydrogen (secondary N) is 1. The third kappa shape index (κ3) is 4.70. The Labute approximate surface area is 187 Å². The number of carbonyl (C=O) groups is 1. The van der Waals surface area contributed by atoms with Crippen LogP contribution in [0.1, 0.15) is 27.9 Å². The van der Waals surface area contributed by atoms with Gasteiger partial charge >= 0.3 is 5.00 Å². The number of hydrogen-bond acceptors (Lipinski definition) is 6. The van der Waals surface area contributed by atoms with E-state index in [2.05, 4.69) is 41.5 Å². The lowest BCUT2D eigenvalue weighted by molar-refractivity contribution is -0.380. The Kier molecular flexibility index (Phi) is 6.20. The minimum Gasteiger partial charge on any atom is -0.297 e. The maximum Gasteiger partial charge on any atom is 0.324 e. The highest BCUT2D eigenvalue weighted by Crippen LogP contribution is 2.34. The number of rotatable bonds is 7. The molecule has 156 valence electrons. The van der Waals surface area contributed by atoms with E-state index in [1.54, 1.807) is 0 Å². The van der Waals surface area contributed by atoms with Crippen LogP contribution in [0.25, 0.3) is 22.4 Å². The first kappa shape index (κ1) is 20.9. The molecule has 0 radical (unpaired) electrons. The van der Waals surface area contributed by atoms with Gasteiger partial charge in [0, 0.05) is 16.5 Å². The molecule has 4 aromatic rings. The molecule has 6 nitrogen and oxygen atoms in total. The Balaban J connectivity index is 1.58. The summed E-state index contributed by atoms with van der Waals surface area (Å²) in [4.78, 5) is 28.9. The van der Waals surface area contributed by atoms with E-state index >= 15 is 0 Å². The highest BCUT2D eigenvalue weighted by Gasteiger charge is 2.18. The van der Waals surface area contributed by atoms with Crippen molar-refractivity contribution in [1.82, 2.24) is 4.98 Å². The van der Waals surface area contributed by atoms with Crippen LogP contribution >= 0.6 is 22.7 Å². The van der Waals surface area contributed by atoms with Crippen molar-refractivity contribution in [2.75, 3.05) is 5.32 Å². The number of thiophene rings is 1. The van der Waals surface area contributed by atoms with Crippen LogP contribution < -0.4 is 5.32 Å². The minimum absolute atomic E-state index is 0.0600. The van der Waals surface area contributed by atoms with Gasteiger partial charge in [0.2, 0.25) is 0 Å². The number of carbonyl (C=O) groups excluding carboxylic acids is 1. The molecule has 2 aromatic heterocycles. The summed E-state index contributed by atoms with van der Waals surface area (Å²) in [6.07, 6.45) is 1.82. The highest BCUT2D eigenvalue weighted by molar-refractivity contribution is 7.18. The molecule has 0 aliphatic carbocycles. The van der Waals surface area contributed by atoms with E-state index in [0.29, 0.717) is 5.13 Å². The Morgan fingerprint density at radius 3 is 2.29 bits per heavy atom. The van der Waals surface area contributed by atoms with Gasteiger partial charge in [-0.15, -0.1) is 11.3 Å². The molecule has 0 aliphatic rings. The van der Waals surface area contributed by atoms with Gasteiger partial charge in [-0.1, -0.05) is 79.3 Å². The monoisotopic (exact) mass is 449 g/mol. The van der Waals surface area contributed by atoms with Gasteiger partial charge in [0.15, 0.2) is 5.13 Å². The summed E-state index contributed by atoms with van der Waals surface area (Å²) in [5.74, 6) is -0.388. The van der Waals surface area contributed by atoms with Crippen LogP contribution in [-0.2, 0) is 6.42 Å². The fraction of sp³-hybridized carbons (Fsp3) is 0.130. The molecule has 0 saturated heterocycles. The zero-order valence-electron chi connectivity index (χ0n) is 16.7. The van der Waals surface area contributed by atoms with Crippen LogP contribution in [0.4, 0.5) is 10.1 Å². The summed E-state index contributed by atoms with van der Waals surface area (Å²) < 4.78 is 0. The molecule has 31 heavy (non-hydrogen) atoms. The van der Waals surface area contributed by atoms with Gasteiger partial charge in [0.1, 0.15) is 0 Å². The molecule has 0 saturated carbocycles. The second-order valence-corrected chi connectivity index (χ2v) is 8.98. The van der Waals surface area contributed by atoms with Gasteiger partial charge in [0.05, 0.1) is 15.5 Å². The van der Waals surface area contributed by atoms with Crippen LogP contribution in [-0.4, -0.2) is 15.8 Å². The van der Waals surface area contributed by atoms with Crippen molar-refractivity contribution in [3.8, 4) is 22.4 Å². The molecule has 0 spiro atoms. The number of anilines is 1. The Morgan fingerprint density at radius 2 is 1.65 bits per heavy atom. The van der Waals surface area contributed by atoms with E-state index in [4.69, 9.17) is 0 Å². The maximum atomic E-state index is 12.5. The molecule has 2 aromatic carbocycles. The van der Waals surface area contributed by atoms with E-state index in [9.17, 15) is 14.9 Å². The SMILES string of the molecule is CCCc1sc(NC(=O)c2ccc([N+](=O)[O-])s2)nc1-c1ccc(-c2ccccc2)cc1. The molecular formula is C23H19N3O3S2. The van der Waals surface area contributed by atoms with Crippen LogP contribution in [0, 0.1) is 10.1 Å². The molecule has 0 fully saturated rings. The van der Waals surface area contributed by atoms with Gasteiger partial charge in [-0.25, -0.2) is 4.98 Å². The van der Waals surface area contributed by atoms with Gasteiger partial charge in [-0.3, -0.25) is 20.2 Å². The van der Waals surface area contributed by atoms with E-state index in [1.165, 1.54) is 23.5 Å². The van der Waals surface area contributed by atoms with Crippen LogP contribution in [0.5, 0.6) is 0 Å². The van der Waals surface area contributed by atoms with E-state index in [1.807, 2.05) is 30.3 Å². The Bertz CT molecular complexity index is 1210. The van der Waals surface area contributed by atoms with Gasteiger partial charge < -0.3 is 0 Å². The largest absolute Gasteiger partial charge is 0.324 e. The van der Waals surface area contributed by atoms with Gasteiger partial charge in [-0.05, 0) is 23.6 Å². The first-order chi connectivity index (χ1) is 15.0. The topological polar surface area (TPSA) is 85.1 Å². The van der Waals surface area contributed by atoms with Crippen molar-refractivity contribution in [2.24, 2.45) is 0 Å². The number of benzene rings is 2. The van der Waals surface area contributed by atoms with Crippen molar-refractivity contribution in [3.63, 3.8) is 0 Å². The van der Waals surface area contributed by atoms with Crippen molar-refractivity contribution in [1.29, 1.82) is 0 Å². The quantitative estimate of drug-likeness (QED) is 0.253. The molecule has 2 heterocycles. The number of nitrogens with zero attached hydrogens (tertiary/aromatic N) is 2. The van der Waals surface area contributed by atoms with Crippen LogP contribution in [0.15, 0.2) is 66.7 Å². The number of thiazole rings is 1. The standard InChI is InChI=1S/C23H19N3O3S2/c1-2-6-18-21(17-11-9-16(10-12-17)15-7-4-3-5-8-15)24-23(31-18)25-22(27)19-13-14-20(30-19)26(28)29/h3-5,7-14H,2,6H2,1H3,(H,24,25,27). The van der Waals surface area contributed by atoms with Crippen molar-refractivity contribution < 1.29 is 9.72 Å². The molecule has 0 bridgehead atoms. The zero-order chi connectivity index (χ0) is 21.8. The molecule has 1 amide bonds. The van der Waals surface area contributed by atoms with Crippen molar-refractivity contribution in [2.45, 2.75) is 19.8 Å². The summed E-state index contributed by atoms with van der Waals surface area (Å²) in [5, 5.41) is 14.1. The minimum atomic E-state index is -0.499. The van der Waals surface area contributed by atoms with Crippen LogP contribution in [0.3, 0.4) is 0 Å². The van der Waals surface area contributed by atoms with Crippen LogP contribution in [0.2, 0.25) is 0 Å². The predicted octanol–water partition coefficient (Wildman–Crippen LogP) is 6.65. The molecule has 0 aliphatic heterocycles. The Morgan fingerprint density at radius 1 is 0.968 bits per heavy atom. The number of hydrogen-bond donors (Lipinski definition) is 1. The lowest BCUT2D eigenvalue weighted by Gasteiger charge is -2.04. The molecule has 0 unspecified atom stereocenters. The molecule has 0 atom stereocenters. The predicted molar refractivity (Wildman–Crippen MR) is 126 cm³/mol. The first-order valence-corrected chi connectivity index (χ1v) is 11.4. The average molecular weight is 450 g/mol. The fourth-order valence-corrected chi connectivity index (χ4v) is 4.98. The smallest absolute Gasteiger partial charge is 0.297 e. The van der Waals surface area contributed by atoms with Gasteiger partial charge in [0.25, 0.3) is 5.91 Å². The average Bonchev–Trinajstić information content (AvgIpc) is 3.43. The zero-order valence-corrected chi connectivity index (χ0v) is 18.3. The van der Waals surface area contributed by atoms with Crippen molar-refractivity contribution in [3.05, 3.63) is 86.6 Å². The normalized spacial score (nSPS) is 10.7. The van der Waals surface area contributed by atoms with E-state index in [0.717, 1.165) is 51.4 Å². The molecular weight excluding hydrogens is 430 g/mol. The molecule has 8 heteroatoms. The number of aromatic nitrogens is 1. The highest BCUT2D eigenvalue weighted by atomic mass is 32.1. The maximum absolute atomic E-state index is 12.5. The second kappa shape index (κ2) is 9.20. The summed E-state index contributed by atoms with van der Waals surface area (Å²) in [7, 11) is 0. The van der Waals surface area contributed by atoms with E-state index in [-0.39, 0.29) is 15.8 Å². The fourth-order valence-electron chi connectivity index (χ4n) is 3.18. The first-order valence-electron chi connectivity index (χ1n) is 9.76. The summed E-state index contributed by atoms with van der Waals surface area (Å²) >= 11 is 2.29. The number of amides is 1. The lowest BCUT2D eigenvalue weighted by atomic mass is 10.0. The summed E-state index contributed by atoms with van der Waals surface area (Å²) in [5.41, 5.74) is 4.13. The van der Waals surface area contributed by atoms with E-state index < -0.39 is 4.92 Å². The molecule has 4 rings (SSSR count). The summed E-state index contributed by atoms with van der Waals surface area (Å²) in [6.45, 7) is 2.10. The second-order valence-electron chi connectivity index (χ2n) is 6.83. The Hall–Kier alpha value is -3.36. The van der Waals surface area contributed by atoms with Crippen molar-refractivity contribution >= 4 is 38.7 Å². The van der Waals surface area contributed by atoms with Gasteiger partial charge in [-0.2, -0.15) is 0 Å². The number of nitro groups is 1. The summed E-state index contributed by atoms with van der Waals surface area (Å²) in [6, 6.07) is 21.2. The lowest BCUT2D eigenvalue weighted by Crippen LogP contribution is -2.09. The molecule has 1 N–H and O–H groups in total.